The fourth-order valence-corrected chi connectivity index (χ4v) is 3.80. The molecule has 22 heavy (non-hydrogen) atoms. The first-order valence-corrected chi connectivity index (χ1v) is 7.85. The molecule has 1 fully saturated rings. The number of ether oxygens (including phenoxy) is 1. The van der Waals surface area contributed by atoms with E-state index in [1.54, 1.807) is 37.3 Å². The first kappa shape index (κ1) is 15.5. The molecule has 1 aromatic rings. The number of carbonyl (C=O) groups excluding carboxylic acids is 1. The monoisotopic (exact) mass is 385 g/mol. The molecule has 3 rings (SSSR count). The van der Waals surface area contributed by atoms with Crippen molar-refractivity contribution in [3.05, 3.63) is 39.8 Å². The Morgan fingerprint density at radius 2 is 2.18 bits per heavy atom. The van der Waals surface area contributed by atoms with E-state index in [1.807, 2.05) is 0 Å². The van der Waals surface area contributed by atoms with Gasteiger partial charge in [0.25, 0.3) is 0 Å². The van der Waals surface area contributed by atoms with Crippen LogP contribution in [-0.2, 0) is 14.3 Å². The minimum atomic E-state index is -1.04. The van der Waals surface area contributed by atoms with Crippen LogP contribution in [0.3, 0.4) is 0 Å². The van der Waals surface area contributed by atoms with Gasteiger partial charge in [-0.3, -0.25) is 9.59 Å². The summed E-state index contributed by atoms with van der Waals surface area (Å²) in [5.74, 6) is -3.16. The summed E-state index contributed by atoms with van der Waals surface area (Å²) in [7, 11) is 0. The maximum Gasteiger partial charge on any atom is 0.310 e. The predicted molar refractivity (Wildman–Crippen MR) is 84.8 cm³/mol. The Kier molecular flexibility index (Phi) is 3.79. The molecule has 0 spiro atoms. The summed E-state index contributed by atoms with van der Waals surface area (Å²) >= 11 is 9.38. The van der Waals surface area contributed by atoms with Crippen molar-refractivity contribution < 1.29 is 19.4 Å². The minimum absolute atomic E-state index is 0.374. The lowest BCUT2D eigenvalue weighted by Gasteiger charge is -2.28. The predicted octanol–water partition coefficient (Wildman–Crippen LogP) is 3.09. The van der Waals surface area contributed by atoms with Crippen LogP contribution >= 0.6 is 27.5 Å². The van der Waals surface area contributed by atoms with Gasteiger partial charge < -0.3 is 15.2 Å². The Bertz CT molecular complexity index is 692. The highest BCUT2D eigenvalue weighted by atomic mass is 79.9. The maximum atomic E-state index is 12.6. The second-order valence-corrected chi connectivity index (χ2v) is 6.90. The molecule has 2 aliphatic heterocycles. The number of carboxylic acids is 1. The molecule has 0 unspecified atom stereocenters. The Morgan fingerprint density at radius 3 is 2.82 bits per heavy atom. The fourth-order valence-electron chi connectivity index (χ4n) is 3.08. The molecule has 5 nitrogen and oxygen atoms in total. The minimum Gasteiger partial charge on any atom is -0.481 e. The summed E-state index contributed by atoms with van der Waals surface area (Å²) in [6.07, 6.45) is 2.89. The van der Waals surface area contributed by atoms with Crippen molar-refractivity contribution in [1.29, 1.82) is 0 Å². The van der Waals surface area contributed by atoms with Crippen LogP contribution in [0.1, 0.15) is 6.92 Å². The van der Waals surface area contributed by atoms with Crippen LogP contribution in [0.2, 0.25) is 5.02 Å². The molecule has 2 heterocycles. The highest BCUT2D eigenvalue weighted by Crippen LogP contribution is 2.47. The van der Waals surface area contributed by atoms with Gasteiger partial charge in [0.1, 0.15) is 5.92 Å². The van der Waals surface area contributed by atoms with Crippen molar-refractivity contribution in [2.24, 2.45) is 11.8 Å². The number of fused-ring (bicyclic) bond motifs is 2. The van der Waals surface area contributed by atoms with Gasteiger partial charge in [0, 0.05) is 4.47 Å². The van der Waals surface area contributed by atoms with Crippen LogP contribution in [0.15, 0.2) is 34.8 Å². The van der Waals surface area contributed by atoms with E-state index >= 15 is 0 Å². The lowest BCUT2D eigenvalue weighted by Crippen LogP contribution is -2.44. The third-order valence-electron chi connectivity index (χ3n) is 4.09. The first-order chi connectivity index (χ1) is 10.3. The number of hydrogen-bond donors (Lipinski definition) is 2. The molecule has 2 N–H and O–H groups in total. The molecule has 1 amide bonds. The number of hydrogen-bond acceptors (Lipinski definition) is 3. The van der Waals surface area contributed by atoms with Crippen molar-refractivity contribution in [3.63, 3.8) is 0 Å². The van der Waals surface area contributed by atoms with E-state index < -0.39 is 35.4 Å². The number of benzene rings is 1. The number of carbonyl (C=O) groups is 2. The van der Waals surface area contributed by atoms with E-state index in [1.165, 1.54) is 0 Å². The summed E-state index contributed by atoms with van der Waals surface area (Å²) in [5.41, 5.74) is -0.464. The third kappa shape index (κ3) is 2.45. The van der Waals surface area contributed by atoms with Gasteiger partial charge in [-0.1, -0.05) is 39.7 Å². The fraction of sp³-hybridized carbons (Fsp3) is 0.333. The normalized spacial score (nSPS) is 32.2. The van der Waals surface area contributed by atoms with Crippen LogP contribution in [-0.4, -0.2) is 28.7 Å². The van der Waals surface area contributed by atoms with Gasteiger partial charge in [0.15, 0.2) is 0 Å². The zero-order chi connectivity index (χ0) is 16.1. The van der Waals surface area contributed by atoms with Crippen molar-refractivity contribution >= 4 is 45.1 Å². The zero-order valence-electron chi connectivity index (χ0n) is 11.5. The van der Waals surface area contributed by atoms with Gasteiger partial charge in [-0.2, -0.15) is 0 Å². The molecule has 7 heteroatoms. The lowest BCUT2D eigenvalue weighted by molar-refractivity contribution is -0.146. The number of anilines is 1. The lowest BCUT2D eigenvalue weighted by atomic mass is 9.75. The third-order valence-corrected chi connectivity index (χ3v) is 4.90. The second kappa shape index (κ2) is 5.37. The van der Waals surface area contributed by atoms with E-state index in [4.69, 9.17) is 16.3 Å². The maximum absolute atomic E-state index is 12.6. The van der Waals surface area contributed by atoms with E-state index in [0.717, 1.165) is 4.47 Å². The molecule has 4 atom stereocenters. The quantitative estimate of drug-likeness (QED) is 0.783. The van der Waals surface area contributed by atoms with Crippen molar-refractivity contribution in [2.75, 3.05) is 5.32 Å². The summed E-state index contributed by atoms with van der Waals surface area (Å²) in [6, 6.07) is 5.06. The van der Waals surface area contributed by atoms with Crippen LogP contribution in [0, 0.1) is 11.8 Å². The van der Waals surface area contributed by atoms with Gasteiger partial charge in [0.05, 0.1) is 28.3 Å². The molecule has 116 valence electrons. The summed E-state index contributed by atoms with van der Waals surface area (Å²) in [5, 5.41) is 12.5. The molecule has 0 aromatic heterocycles. The van der Waals surface area contributed by atoms with Crippen molar-refractivity contribution in [2.45, 2.75) is 18.6 Å². The highest BCUT2D eigenvalue weighted by molar-refractivity contribution is 9.10. The zero-order valence-corrected chi connectivity index (χ0v) is 13.9. The van der Waals surface area contributed by atoms with Gasteiger partial charge in [0.2, 0.25) is 5.91 Å². The summed E-state index contributed by atoms with van der Waals surface area (Å²) in [4.78, 5) is 24.1. The standard InChI is InChI=1S/C15H13BrClNO4/c1-15-5-4-10(22-15)11(14(20)21)12(15)13(19)18-9-3-2-7(16)6-8(9)17/h2-6,10-12H,1H3,(H,18,19)(H,20,21)/t10-,11-,12+,15+/m1/s1. The average molecular weight is 387 g/mol. The summed E-state index contributed by atoms with van der Waals surface area (Å²) < 4.78 is 6.45. The highest BCUT2D eigenvalue weighted by Gasteiger charge is 2.59. The molecular formula is C15H13BrClNO4. The van der Waals surface area contributed by atoms with Crippen molar-refractivity contribution in [1.82, 2.24) is 0 Å². The smallest absolute Gasteiger partial charge is 0.310 e. The van der Waals surface area contributed by atoms with Crippen LogP contribution in [0.5, 0.6) is 0 Å². The number of carboxylic acid groups (broad SMARTS) is 1. The Hall–Kier alpha value is -1.37. The Balaban J connectivity index is 1.88. The molecule has 2 bridgehead atoms. The van der Waals surface area contributed by atoms with Crippen LogP contribution in [0.25, 0.3) is 0 Å². The van der Waals surface area contributed by atoms with Gasteiger partial charge in [-0.25, -0.2) is 0 Å². The van der Waals surface area contributed by atoms with E-state index in [0.29, 0.717) is 10.7 Å². The molecular weight excluding hydrogens is 374 g/mol. The topological polar surface area (TPSA) is 75.6 Å². The number of aliphatic carboxylic acids is 1. The molecule has 0 saturated carbocycles. The molecule has 1 aromatic carbocycles. The SMILES string of the molecule is C[C@@]12C=C[C@@H](O1)[C@@H](C(=O)O)[C@H]2C(=O)Nc1ccc(Br)cc1Cl. The largest absolute Gasteiger partial charge is 0.481 e. The summed E-state index contributed by atoms with van der Waals surface area (Å²) in [6.45, 7) is 1.72. The Labute approximate surface area is 140 Å². The number of halogens is 2. The molecule has 0 aliphatic carbocycles. The number of nitrogens with one attached hydrogen (secondary N) is 1. The van der Waals surface area contributed by atoms with E-state index in [9.17, 15) is 14.7 Å². The average Bonchev–Trinajstić information content (AvgIpc) is 2.94. The number of rotatable bonds is 3. The first-order valence-electron chi connectivity index (χ1n) is 6.68. The van der Waals surface area contributed by atoms with Crippen LogP contribution < -0.4 is 5.32 Å². The van der Waals surface area contributed by atoms with E-state index in [-0.39, 0.29) is 0 Å². The molecule has 2 aliphatic rings. The molecule has 0 radical (unpaired) electrons. The molecule has 1 saturated heterocycles. The number of amides is 1. The Morgan fingerprint density at radius 1 is 1.45 bits per heavy atom. The van der Waals surface area contributed by atoms with Crippen molar-refractivity contribution in [3.8, 4) is 0 Å². The second-order valence-electron chi connectivity index (χ2n) is 5.58. The van der Waals surface area contributed by atoms with Gasteiger partial charge in [-0.05, 0) is 25.1 Å². The van der Waals surface area contributed by atoms with Crippen LogP contribution in [0.4, 0.5) is 5.69 Å². The van der Waals surface area contributed by atoms with Gasteiger partial charge in [-0.15, -0.1) is 0 Å². The van der Waals surface area contributed by atoms with Gasteiger partial charge >= 0.3 is 5.97 Å². The van der Waals surface area contributed by atoms with E-state index in [2.05, 4.69) is 21.2 Å².